The lowest BCUT2D eigenvalue weighted by Crippen LogP contribution is -2.08. The van der Waals surface area contributed by atoms with Crippen molar-refractivity contribution in [1.82, 2.24) is 0 Å². The molecule has 0 aliphatic carbocycles. The van der Waals surface area contributed by atoms with Crippen molar-refractivity contribution in [2.45, 2.75) is 0 Å². The minimum Gasteiger partial charge on any atom is -0.423 e. The molecule has 6 heteroatoms. The summed E-state index contributed by atoms with van der Waals surface area (Å²) in [5, 5.41) is 1.90. The van der Waals surface area contributed by atoms with Crippen LogP contribution in [0.25, 0.3) is 21.9 Å². The van der Waals surface area contributed by atoms with Gasteiger partial charge in [0.1, 0.15) is 17.2 Å². The number of esters is 3. The van der Waals surface area contributed by atoms with E-state index in [-0.39, 0.29) is 0 Å². The number of hydrogen-bond acceptors (Lipinski definition) is 6. The van der Waals surface area contributed by atoms with Crippen LogP contribution < -0.4 is 14.2 Å². The molecule has 0 spiro atoms. The molecule has 0 fully saturated rings. The van der Waals surface area contributed by atoms with Crippen molar-refractivity contribution in [2.24, 2.45) is 0 Å². The predicted octanol–water partition coefficient (Wildman–Crippen LogP) is 5.91. The SMILES string of the molecule is C=CC(=O)Oc1ccc(OC(=O)c2ccc(-c3ccc4cc(OC(=O)C=C)ccc4c3)cc2)cc1. The lowest BCUT2D eigenvalue weighted by molar-refractivity contribution is -0.129. The van der Waals surface area contributed by atoms with Crippen LogP contribution in [0.3, 0.4) is 0 Å². The van der Waals surface area contributed by atoms with E-state index >= 15 is 0 Å². The molecule has 0 N–H and O–H groups in total. The Bertz CT molecular complexity index is 1430. The number of ether oxygens (including phenoxy) is 3. The van der Waals surface area contributed by atoms with Crippen molar-refractivity contribution in [3.05, 3.63) is 116 Å². The average Bonchev–Trinajstić information content (AvgIpc) is 2.89. The van der Waals surface area contributed by atoms with Gasteiger partial charge < -0.3 is 14.2 Å². The molecule has 0 atom stereocenters. The van der Waals surface area contributed by atoms with Gasteiger partial charge in [0.25, 0.3) is 0 Å². The van der Waals surface area contributed by atoms with Crippen molar-refractivity contribution >= 4 is 28.7 Å². The van der Waals surface area contributed by atoms with E-state index in [1.54, 1.807) is 24.3 Å². The molecule has 0 amide bonds. The minimum atomic E-state index is -0.569. The Morgan fingerprint density at radius 3 is 1.66 bits per heavy atom. The van der Waals surface area contributed by atoms with E-state index in [0.717, 1.165) is 34.1 Å². The summed E-state index contributed by atoms with van der Waals surface area (Å²) in [7, 11) is 0. The summed E-state index contributed by atoms with van der Waals surface area (Å²) < 4.78 is 15.6. The van der Waals surface area contributed by atoms with E-state index in [0.29, 0.717) is 22.8 Å². The van der Waals surface area contributed by atoms with Gasteiger partial charge in [-0.3, -0.25) is 0 Å². The van der Waals surface area contributed by atoms with Crippen molar-refractivity contribution in [1.29, 1.82) is 0 Å². The zero-order chi connectivity index (χ0) is 24.8. The lowest BCUT2D eigenvalue weighted by atomic mass is 10.00. The summed E-state index contributed by atoms with van der Waals surface area (Å²) >= 11 is 0. The number of hydrogen-bond donors (Lipinski definition) is 0. The fourth-order valence-electron chi connectivity index (χ4n) is 3.32. The summed E-state index contributed by atoms with van der Waals surface area (Å²) in [6.07, 6.45) is 2.18. The lowest BCUT2D eigenvalue weighted by Gasteiger charge is -2.08. The Hall–Kier alpha value is -4.97. The molecule has 4 rings (SSSR count). The number of benzene rings is 4. The summed E-state index contributed by atoms with van der Waals surface area (Å²) in [5.41, 5.74) is 2.29. The van der Waals surface area contributed by atoms with E-state index in [2.05, 4.69) is 13.2 Å². The van der Waals surface area contributed by atoms with Gasteiger partial charge in [0.2, 0.25) is 0 Å². The molecule has 4 aromatic rings. The van der Waals surface area contributed by atoms with Crippen LogP contribution in [0.4, 0.5) is 0 Å². The molecular weight excluding hydrogens is 444 g/mol. The summed E-state index contributed by atoms with van der Waals surface area (Å²) in [4.78, 5) is 35.2. The van der Waals surface area contributed by atoms with Crippen LogP contribution in [-0.4, -0.2) is 17.9 Å². The van der Waals surface area contributed by atoms with Gasteiger partial charge in [-0.15, -0.1) is 0 Å². The molecule has 0 aromatic heterocycles. The normalized spacial score (nSPS) is 10.3. The molecule has 0 bridgehead atoms. The maximum Gasteiger partial charge on any atom is 0.343 e. The first-order valence-corrected chi connectivity index (χ1v) is 10.6. The third-order valence-corrected chi connectivity index (χ3v) is 5.07. The monoisotopic (exact) mass is 464 g/mol. The molecule has 4 aromatic carbocycles. The second-order valence-electron chi connectivity index (χ2n) is 7.41. The molecule has 0 saturated carbocycles. The van der Waals surface area contributed by atoms with Gasteiger partial charge in [-0.1, -0.05) is 43.5 Å². The van der Waals surface area contributed by atoms with Crippen LogP contribution >= 0.6 is 0 Å². The summed E-state index contributed by atoms with van der Waals surface area (Å²) in [6.45, 7) is 6.73. The number of rotatable bonds is 7. The zero-order valence-corrected chi connectivity index (χ0v) is 18.6. The maximum absolute atomic E-state index is 12.5. The maximum atomic E-state index is 12.5. The minimum absolute atomic E-state index is 0.323. The second kappa shape index (κ2) is 10.3. The van der Waals surface area contributed by atoms with E-state index < -0.39 is 17.9 Å². The highest BCUT2D eigenvalue weighted by molar-refractivity contribution is 5.93. The van der Waals surface area contributed by atoms with Crippen LogP contribution in [0.2, 0.25) is 0 Å². The van der Waals surface area contributed by atoms with Crippen molar-refractivity contribution in [3.8, 4) is 28.4 Å². The van der Waals surface area contributed by atoms with Crippen LogP contribution in [0.15, 0.2) is 110 Å². The Labute approximate surface area is 201 Å². The molecule has 0 aliphatic heterocycles. The number of carbonyl (C=O) groups excluding carboxylic acids is 3. The molecule has 0 unspecified atom stereocenters. The molecule has 0 radical (unpaired) electrons. The highest BCUT2D eigenvalue weighted by Crippen LogP contribution is 2.28. The Kier molecular flexibility index (Phi) is 6.83. The van der Waals surface area contributed by atoms with Crippen molar-refractivity contribution < 1.29 is 28.6 Å². The number of carbonyl (C=O) groups is 3. The fraction of sp³-hybridized carbons (Fsp3) is 0. The van der Waals surface area contributed by atoms with Crippen molar-refractivity contribution in [2.75, 3.05) is 0 Å². The molecule has 0 heterocycles. The van der Waals surface area contributed by atoms with E-state index in [9.17, 15) is 14.4 Å². The van der Waals surface area contributed by atoms with Gasteiger partial charge in [-0.2, -0.15) is 0 Å². The van der Waals surface area contributed by atoms with Gasteiger partial charge >= 0.3 is 17.9 Å². The topological polar surface area (TPSA) is 78.9 Å². The Morgan fingerprint density at radius 2 is 1.03 bits per heavy atom. The molecule has 172 valence electrons. The first kappa shape index (κ1) is 23.2. The molecule has 0 saturated heterocycles. The highest BCUT2D eigenvalue weighted by Gasteiger charge is 2.10. The predicted molar refractivity (Wildman–Crippen MR) is 132 cm³/mol. The van der Waals surface area contributed by atoms with E-state index in [1.165, 1.54) is 24.3 Å². The third-order valence-electron chi connectivity index (χ3n) is 5.07. The fourth-order valence-corrected chi connectivity index (χ4v) is 3.32. The van der Waals surface area contributed by atoms with Gasteiger partial charge in [0.15, 0.2) is 0 Å². The summed E-state index contributed by atoms with van der Waals surface area (Å²) in [5.74, 6) is -0.489. The molecule has 6 nitrogen and oxygen atoms in total. The number of fused-ring (bicyclic) bond motifs is 1. The zero-order valence-electron chi connectivity index (χ0n) is 18.6. The van der Waals surface area contributed by atoms with Gasteiger partial charge in [-0.25, -0.2) is 14.4 Å². The van der Waals surface area contributed by atoms with Crippen LogP contribution in [0.5, 0.6) is 17.2 Å². The third kappa shape index (κ3) is 5.69. The van der Waals surface area contributed by atoms with Crippen LogP contribution in [0.1, 0.15) is 10.4 Å². The largest absolute Gasteiger partial charge is 0.423 e. The molecule has 35 heavy (non-hydrogen) atoms. The second-order valence-corrected chi connectivity index (χ2v) is 7.41. The average molecular weight is 464 g/mol. The summed E-state index contributed by atoms with van der Waals surface area (Å²) in [6, 6.07) is 24.5. The van der Waals surface area contributed by atoms with Gasteiger partial charge in [0.05, 0.1) is 5.56 Å². The first-order valence-electron chi connectivity index (χ1n) is 10.6. The Balaban J connectivity index is 1.45. The highest BCUT2D eigenvalue weighted by atomic mass is 16.5. The van der Waals surface area contributed by atoms with Gasteiger partial charge in [0, 0.05) is 12.2 Å². The standard InChI is InChI=1S/C29H20O6/c1-3-27(30)33-24-13-15-25(16-14-24)35-29(32)20-7-5-19(6-8-20)21-9-10-23-18-26(34-28(31)4-2)12-11-22(23)17-21/h3-18H,1-2H2. The van der Waals surface area contributed by atoms with E-state index in [1.807, 2.05) is 36.4 Å². The van der Waals surface area contributed by atoms with Crippen molar-refractivity contribution in [3.63, 3.8) is 0 Å². The quantitative estimate of drug-likeness (QED) is 0.192. The van der Waals surface area contributed by atoms with Crippen LogP contribution in [-0.2, 0) is 9.59 Å². The molecular formula is C29H20O6. The van der Waals surface area contributed by atoms with Gasteiger partial charge in [-0.05, 0) is 76.5 Å². The van der Waals surface area contributed by atoms with Crippen LogP contribution in [0, 0.1) is 0 Å². The Morgan fingerprint density at radius 1 is 0.543 bits per heavy atom. The smallest absolute Gasteiger partial charge is 0.343 e. The van der Waals surface area contributed by atoms with E-state index in [4.69, 9.17) is 14.2 Å². The molecule has 0 aliphatic rings. The first-order chi connectivity index (χ1) is 16.9.